The first-order chi connectivity index (χ1) is 11.0. The van der Waals surface area contributed by atoms with Gasteiger partial charge in [0.1, 0.15) is 11.0 Å². The number of hydrogen-bond acceptors (Lipinski definition) is 4. The second-order valence-corrected chi connectivity index (χ2v) is 6.78. The molecule has 0 radical (unpaired) electrons. The summed E-state index contributed by atoms with van der Waals surface area (Å²) in [6.45, 7) is 5.99. The number of amides is 1. The molecule has 23 heavy (non-hydrogen) atoms. The summed E-state index contributed by atoms with van der Waals surface area (Å²) in [5.41, 5.74) is 1.18. The zero-order valence-corrected chi connectivity index (χ0v) is 14.4. The first-order valence-electron chi connectivity index (χ1n) is 7.89. The lowest BCUT2D eigenvalue weighted by Gasteiger charge is -2.40. The molecular weight excluding hydrogens is 312 g/mol. The molecule has 3 heterocycles. The largest absolute Gasteiger partial charge is 0.359 e. The molecule has 1 aliphatic rings. The van der Waals surface area contributed by atoms with Crippen LogP contribution in [-0.2, 0) is 4.79 Å². The molecule has 0 unspecified atom stereocenters. The van der Waals surface area contributed by atoms with Crippen LogP contribution in [0.3, 0.4) is 0 Å². The van der Waals surface area contributed by atoms with Crippen molar-refractivity contribution in [3.63, 3.8) is 0 Å². The average Bonchev–Trinajstić information content (AvgIpc) is 2.48. The zero-order chi connectivity index (χ0) is 16.6. The number of aromatic nitrogens is 2. The third-order valence-corrected chi connectivity index (χ3v) is 4.59. The Bertz CT molecular complexity index is 741. The first-order valence-corrected chi connectivity index (χ1v) is 8.27. The SMILES string of the molecule is CNC(=O)CC1CN(c2ncc(C(C)C)c3cc(Cl)ncc23)C1. The van der Waals surface area contributed by atoms with Crippen molar-refractivity contribution >= 4 is 34.1 Å². The predicted molar refractivity (Wildman–Crippen MR) is 93.0 cm³/mol. The van der Waals surface area contributed by atoms with Crippen LogP contribution in [-0.4, -0.2) is 36.0 Å². The van der Waals surface area contributed by atoms with Gasteiger partial charge in [-0.15, -0.1) is 0 Å². The fourth-order valence-electron chi connectivity index (χ4n) is 3.06. The van der Waals surface area contributed by atoms with Crippen LogP contribution in [0.2, 0.25) is 5.15 Å². The van der Waals surface area contributed by atoms with E-state index in [-0.39, 0.29) is 5.91 Å². The minimum Gasteiger partial charge on any atom is -0.359 e. The summed E-state index contributed by atoms with van der Waals surface area (Å²) < 4.78 is 0. The Morgan fingerprint density at radius 1 is 1.35 bits per heavy atom. The Morgan fingerprint density at radius 3 is 2.74 bits per heavy atom. The Hall–Kier alpha value is -1.88. The number of anilines is 1. The molecule has 2 aromatic rings. The van der Waals surface area contributed by atoms with Gasteiger partial charge in [-0.3, -0.25) is 4.79 Å². The van der Waals surface area contributed by atoms with Crippen molar-refractivity contribution in [2.45, 2.75) is 26.2 Å². The van der Waals surface area contributed by atoms with Crippen LogP contribution in [0.4, 0.5) is 5.82 Å². The van der Waals surface area contributed by atoms with Gasteiger partial charge in [0.2, 0.25) is 5.91 Å². The highest BCUT2D eigenvalue weighted by Gasteiger charge is 2.30. The summed E-state index contributed by atoms with van der Waals surface area (Å²) in [5.74, 6) is 1.78. The van der Waals surface area contributed by atoms with Gasteiger partial charge in [0.15, 0.2) is 0 Å². The number of nitrogens with one attached hydrogen (secondary N) is 1. The number of carbonyl (C=O) groups is 1. The molecule has 0 bridgehead atoms. The van der Waals surface area contributed by atoms with E-state index in [4.69, 9.17) is 11.6 Å². The number of pyridine rings is 2. The van der Waals surface area contributed by atoms with E-state index in [1.54, 1.807) is 13.2 Å². The number of nitrogens with zero attached hydrogens (tertiary/aromatic N) is 3. The molecule has 6 heteroatoms. The van der Waals surface area contributed by atoms with E-state index in [1.807, 2.05) is 12.3 Å². The molecular formula is C17H21ClN4O. The van der Waals surface area contributed by atoms with E-state index in [0.717, 1.165) is 29.7 Å². The summed E-state index contributed by atoms with van der Waals surface area (Å²) in [7, 11) is 1.67. The first kappa shape index (κ1) is 16.0. The lowest BCUT2D eigenvalue weighted by Crippen LogP contribution is -2.48. The van der Waals surface area contributed by atoms with Crippen molar-refractivity contribution in [2.75, 3.05) is 25.0 Å². The monoisotopic (exact) mass is 332 g/mol. The third kappa shape index (κ3) is 3.11. The molecule has 1 saturated heterocycles. The van der Waals surface area contributed by atoms with Crippen LogP contribution in [0.15, 0.2) is 18.5 Å². The highest BCUT2D eigenvalue weighted by molar-refractivity contribution is 6.30. The lowest BCUT2D eigenvalue weighted by atomic mass is 9.94. The van der Waals surface area contributed by atoms with E-state index < -0.39 is 0 Å². The fourth-order valence-corrected chi connectivity index (χ4v) is 3.22. The van der Waals surface area contributed by atoms with Gasteiger partial charge in [0, 0.05) is 50.3 Å². The third-order valence-electron chi connectivity index (χ3n) is 4.38. The van der Waals surface area contributed by atoms with Crippen LogP contribution in [0, 0.1) is 5.92 Å². The van der Waals surface area contributed by atoms with Crippen LogP contribution in [0.1, 0.15) is 31.7 Å². The number of halogens is 1. The summed E-state index contributed by atoms with van der Waals surface area (Å²) in [5, 5.41) is 5.31. The maximum absolute atomic E-state index is 11.5. The second-order valence-electron chi connectivity index (χ2n) is 6.39. The van der Waals surface area contributed by atoms with Crippen LogP contribution in [0.25, 0.3) is 10.8 Å². The minimum absolute atomic E-state index is 0.0936. The van der Waals surface area contributed by atoms with Gasteiger partial charge < -0.3 is 10.2 Å². The summed E-state index contributed by atoms with van der Waals surface area (Å²) >= 11 is 6.08. The highest BCUT2D eigenvalue weighted by Crippen LogP contribution is 2.35. The lowest BCUT2D eigenvalue weighted by molar-refractivity contribution is -0.121. The number of hydrogen-bond donors (Lipinski definition) is 1. The zero-order valence-electron chi connectivity index (χ0n) is 13.6. The second kappa shape index (κ2) is 6.32. The Kier molecular flexibility index (Phi) is 4.39. The van der Waals surface area contributed by atoms with Crippen molar-refractivity contribution < 1.29 is 4.79 Å². The van der Waals surface area contributed by atoms with Gasteiger partial charge in [0.05, 0.1) is 0 Å². The van der Waals surface area contributed by atoms with Gasteiger partial charge in [-0.2, -0.15) is 0 Å². The molecule has 2 aromatic heterocycles. The molecule has 5 nitrogen and oxygen atoms in total. The van der Waals surface area contributed by atoms with E-state index in [2.05, 4.69) is 34.0 Å². The normalized spacial score (nSPS) is 15.1. The molecule has 1 N–H and O–H groups in total. The van der Waals surface area contributed by atoms with E-state index in [1.165, 1.54) is 5.56 Å². The quantitative estimate of drug-likeness (QED) is 0.874. The molecule has 122 valence electrons. The molecule has 1 fully saturated rings. The maximum Gasteiger partial charge on any atom is 0.220 e. The molecule has 0 atom stereocenters. The van der Waals surface area contributed by atoms with Gasteiger partial charge in [-0.1, -0.05) is 25.4 Å². The number of carbonyl (C=O) groups excluding carboxylic acids is 1. The summed E-state index contributed by atoms with van der Waals surface area (Å²) in [6.07, 6.45) is 4.31. The van der Waals surface area contributed by atoms with E-state index >= 15 is 0 Å². The van der Waals surface area contributed by atoms with Crippen LogP contribution < -0.4 is 10.2 Å². The Labute approximate surface area is 141 Å². The molecule has 3 rings (SSSR count). The van der Waals surface area contributed by atoms with Crippen molar-refractivity contribution in [3.05, 3.63) is 29.2 Å². The highest BCUT2D eigenvalue weighted by atomic mass is 35.5. The van der Waals surface area contributed by atoms with Crippen molar-refractivity contribution in [3.8, 4) is 0 Å². The van der Waals surface area contributed by atoms with Crippen molar-refractivity contribution in [1.82, 2.24) is 15.3 Å². The Balaban J connectivity index is 1.89. The van der Waals surface area contributed by atoms with Gasteiger partial charge in [0.25, 0.3) is 0 Å². The van der Waals surface area contributed by atoms with Gasteiger partial charge in [-0.25, -0.2) is 9.97 Å². The van der Waals surface area contributed by atoms with Gasteiger partial charge >= 0.3 is 0 Å². The molecule has 0 aliphatic carbocycles. The van der Waals surface area contributed by atoms with E-state index in [0.29, 0.717) is 23.4 Å². The standard InChI is InChI=1S/C17H21ClN4O/c1-10(2)13-6-21-17(14-7-20-15(18)5-12(13)14)22-8-11(9-22)4-16(23)19-3/h5-7,10-11H,4,8-9H2,1-3H3,(H,19,23). The molecule has 0 spiro atoms. The fraction of sp³-hybridized carbons (Fsp3) is 0.471. The van der Waals surface area contributed by atoms with Crippen molar-refractivity contribution in [2.24, 2.45) is 5.92 Å². The minimum atomic E-state index is 0.0936. The van der Waals surface area contributed by atoms with Crippen molar-refractivity contribution in [1.29, 1.82) is 0 Å². The summed E-state index contributed by atoms with van der Waals surface area (Å²) in [6, 6.07) is 1.92. The predicted octanol–water partition coefficient (Wildman–Crippen LogP) is 2.98. The molecule has 1 amide bonds. The van der Waals surface area contributed by atoms with Gasteiger partial charge in [-0.05, 0) is 22.9 Å². The molecule has 0 saturated carbocycles. The smallest absolute Gasteiger partial charge is 0.220 e. The topological polar surface area (TPSA) is 58.1 Å². The maximum atomic E-state index is 11.5. The molecule has 1 aliphatic heterocycles. The Morgan fingerprint density at radius 2 is 2.09 bits per heavy atom. The molecule has 0 aromatic carbocycles. The van der Waals surface area contributed by atoms with Crippen LogP contribution >= 0.6 is 11.6 Å². The van der Waals surface area contributed by atoms with E-state index in [9.17, 15) is 4.79 Å². The summed E-state index contributed by atoms with van der Waals surface area (Å²) in [4.78, 5) is 22.5. The van der Waals surface area contributed by atoms with Crippen LogP contribution in [0.5, 0.6) is 0 Å². The average molecular weight is 333 g/mol. The number of rotatable bonds is 4. The number of fused-ring (bicyclic) bond motifs is 1.